The summed E-state index contributed by atoms with van der Waals surface area (Å²) >= 11 is 2.90. The third-order valence-electron chi connectivity index (χ3n) is 1.06. The van der Waals surface area contributed by atoms with Crippen LogP contribution in [0.4, 0.5) is 5.82 Å². The number of rotatable bonds is 1. The molecule has 1 aliphatic rings. The Balaban J connectivity index is 2.58. The van der Waals surface area contributed by atoms with Crippen molar-refractivity contribution >= 4 is 21.7 Å². The SMILES string of the molecule is [2H]c1nc([2H])c(N2C([2H])([2H])C([2H])([2H])C2([2H])[2H])nc1Br. The smallest absolute Gasteiger partial charge is 0.148 e. The molecule has 0 atom stereocenters. The second-order valence-corrected chi connectivity index (χ2v) is 2.50. The summed E-state index contributed by atoms with van der Waals surface area (Å²) in [6, 6.07) is 0. The lowest BCUT2D eigenvalue weighted by Crippen LogP contribution is -2.37. The fraction of sp³-hybridized carbons (Fsp3) is 0.429. The van der Waals surface area contributed by atoms with Gasteiger partial charge in [-0.15, -0.1) is 0 Å². The third-order valence-corrected chi connectivity index (χ3v) is 1.41. The highest BCUT2D eigenvalue weighted by molar-refractivity contribution is 9.10. The molecule has 0 aliphatic carbocycles. The molecule has 1 aliphatic heterocycles. The fourth-order valence-corrected chi connectivity index (χ4v) is 0.841. The fourth-order valence-electron chi connectivity index (χ4n) is 0.585. The molecule has 0 radical (unpaired) electrons. The van der Waals surface area contributed by atoms with E-state index in [0.717, 1.165) is 0 Å². The Kier molecular flexibility index (Phi) is 0.610. The van der Waals surface area contributed by atoms with Gasteiger partial charge in [0.2, 0.25) is 0 Å². The number of hydrogen-bond acceptors (Lipinski definition) is 3. The van der Waals surface area contributed by atoms with Gasteiger partial charge < -0.3 is 4.90 Å². The molecule has 58 valence electrons. The molecular weight excluding hydrogens is 206 g/mol. The van der Waals surface area contributed by atoms with Gasteiger partial charge in [-0.3, -0.25) is 4.98 Å². The van der Waals surface area contributed by atoms with Crippen LogP contribution in [0.15, 0.2) is 16.9 Å². The second kappa shape index (κ2) is 2.77. The summed E-state index contributed by atoms with van der Waals surface area (Å²) in [6.45, 7) is -5.33. The lowest BCUT2D eigenvalue weighted by Gasteiger charge is -2.31. The van der Waals surface area contributed by atoms with E-state index in [1.807, 2.05) is 0 Å². The van der Waals surface area contributed by atoms with Crippen LogP contribution in [0.1, 0.15) is 17.3 Å². The Morgan fingerprint density at radius 3 is 3.27 bits per heavy atom. The minimum absolute atomic E-state index is 0.0717. The van der Waals surface area contributed by atoms with Gasteiger partial charge in [-0.25, -0.2) is 4.98 Å². The van der Waals surface area contributed by atoms with E-state index < -0.39 is 31.4 Å². The van der Waals surface area contributed by atoms with E-state index in [4.69, 9.17) is 11.0 Å². The summed E-state index contributed by atoms with van der Waals surface area (Å²) in [5.41, 5.74) is 0. The maximum atomic E-state index is 7.61. The average molecular weight is 222 g/mol. The van der Waals surface area contributed by atoms with Crippen molar-refractivity contribution in [2.45, 2.75) is 6.37 Å². The standard InChI is InChI=1S/C7H8BrN3/c8-6-4-9-5-7(10-6)11-2-1-3-11/h4-5H,1-3H2/i1D2,2D2,3D2,4D,5D. The zero-order valence-electron chi connectivity index (χ0n) is 13.2. The van der Waals surface area contributed by atoms with Gasteiger partial charge in [0.15, 0.2) is 0 Å². The highest BCUT2D eigenvalue weighted by atomic mass is 79.9. The molecule has 0 aromatic carbocycles. The van der Waals surface area contributed by atoms with Crippen LogP contribution in [-0.2, 0) is 0 Å². The summed E-state index contributed by atoms with van der Waals surface area (Å²) in [5, 5.41) is 0. The molecule has 2 rings (SSSR count). The van der Waals surface area contributed by atoms with Crippen LogP contribution in [0.25, 0.3) is 0 Å². The highest BCUT2D eigenvalue weighted by Crippen LogP contribution is 2.18. The molecule has 0 unspecified atom stereocenters. The predicted molar refractivity (Wildman–Crippen MR) is 46.6 cm³/mol. The van der Waals surface area contributed by atoms with Crippen molar-refractivity contribution in [1.29, 1.82) is 0 Å². The van der Waals surface area contributed by atoms with Gasteiger partial charge in [0.25, 0.3) is 0 Å². The Hall–Kier alpha value is -0.640. The van der Waals surface area contributed by atoms with E-state index in [0.29, 0.717) is 4.90 Å². The summed E-state index contributed by atoms with van der Waals surface area (Å²) in [5.74, 6) is -0.451. The average Bonchev–Trinajstić information content (AvgIpc) is 2.24. The van der Waals surface area contributed by atoms with Gasteiger partial charge in [-0.1, -0.05) is 0 Å². The molecule has 3 nitrogen and oxygen atoms in total. The number of nitrogens with zero attached hydrogens (tertiary/aromatic N) is 3. The molecule has 1 saturated heterocycles. The molecule has 0 spiro atoms. The van der Waals surface area contributed by atoms with Crippen LogP contribution in [0.2, 0.25) is 0 Å². The molecular formula is C7H8BrN3. The zero-order chi connectivity index (χ0) is 14.8. The van der Waals surface area contributed by atoms with Crippen molar-refractivity contribution < 1.29 is 11.0 Å². The van der Waals surface area contributed by atoms with Crippen molar-refractivity contribution in [1.82, 2.24) is 9.97 Å². The summed E-state index contributed by atoms with van der Waals surface area (Å²) < 4.78 is 60.1. The van der Waals surface area contributed by atoms with Crippen molar-refractivity contribution in [3.8, 4) is 0 Å². The minimum Gasteiger partial charge on any atom is -0.355 e. The van der Waals surface area contributed by atoms with Crippen LogP contribution < -0.4 is 4.90 Å². The van der Waals surface area contributed by atoms with Crippen LogP contribution in [-0.4, -0.2) is 23.0 Å². The van der Waals surface area contributed by atoms with E-state index in [-0.39, 0.29) is 10.8 Å². The number of halogens is 1. The van der Waals surface area contributed by atoms with Crippen LogP contribution in [0, 0.1) is 0 Å². The zero-order valence-corrected chi connectivity index (χ0v) is 6.81. The Morgan fingerprint density at radius 1 is 1.64 bits per heavy atom. The van der Waals surface area contributed by atoms with Crippen molar-refractivity contribution in [2.75, 3.05) is 17.9 Å². The predicted octanol–water partition coefficient (Wildman–Crippen LogP) is 1.45. The highest BCUT2D eigenvalue weighted by Gasteiger charge is 2.15. The number of aromatic nitrogens is 2. The van der Waals surface area contributed by atoms with E-state index in [1.165, 1.54) is 0 Å². The normalized spacial score (nSPS) is 40.6. The summed E-state index contributed by atoms with van der Waals surface area (Å²) in [6.07, 6.45) is -3.67. The van der Waals surface area contributed by atoms with Crippen LogP contribution in [0.3, 0.4) is 0 Å². The quantitative estimate of drug-likeness (QED) is 0.720. The van der Waals surface area contributed by atoms with Crippen molar-refractivity contribution in [3.05, 3.63) is 16.9 Å². The minimum atomic E-state index is -2.75. The van der Waals surface area contributed by atoms with E-state index in [9.17, 15) is 0 Å². The molecule has 0 bridgehead atoms. The molecule has 1 aromatic rings. The Morgan fingerprint density at radius 2 is 2.45 bits per heavy atom. The van der Waals surface area contributed by atoms with Gasteiger partial charge in [0, 0.05) is 21.2 Å². The first-order valence-corrected chi connectivity index (χ1v) is 3.55. The van der Waals surface area contributed by atoms with E-state index >= 15 is 0 Å². The monoisotopic (exact) mass is 221 g/mol. The summed E-state index contributed by atoms with van der Waals surface area (Å²) in [7, 11) is 0. The van der Waals surface area contributed by atoms with E-state index in [1.54, 1.807) is 0 Å². The molecule has 1 aromatic heterocycles. The summed E-state index contributed by atoms with van der Waals surface area (Å²) in [4.78, 5) is 7.62. The third kappa shape index (κ3) is 1.35. The molecule has 0 N–H and O–H groups in total. The topological polar surface area (TPSA) is 29.0 Å². The lowest BCUT2D eigenvalue weighted by molar-refractivity contribution is 0.607. The number of anilines is 1. The van der Waals surface area contributed by atoms with Gasteiger partial charge in [-0.2, -0.15) is 0 Å². The van der Waals surface area contributed by atoms with E-state index in [2.05, 4.69) is 25.9 Å². The molecule has 11 heavy (non-hydrogen) atoms. The first-order valence-electron chi connectivity index (χ1n) is 6.75. The van der Waals surface area contributed by atoms with Crippen molar-refractivity contribution in [2.24, 2.45) is 0 Å². The van der Waals surface area contributed by atoms with Gasteiger partial charge in [0.1, 0.15) is 10.4 Å². The Labute approximate surface area is 84.8 Å². The first kappa shape index (κ1) is 2.42. The van der Waals surface area contributed by atoms with Gasteiger partial charge >= 0.3 is 0 Å². The van der Waals surface area contributed by atoms with Gasteiger partial charge in [0.05, 0.1) is 15.1 Å². The molecule has 1 fully saturated rings. The second-order valence-electron chi connectivity index (χ2n) is 1.75. The van der Waals surface area contributed by atoms with Crippen molar-refractivity contribution in [3.63, 3.8) is 0 Å². The molecule has 2 heterocycles. The van der Waals surface area contributed by atoms with Crippen LogP contribution in [0.5, 0.6) is 0 Å². The maximum absolute atomic E-state index is 7.61. The molecule has 4 heteroatoms. The molecule has 0 amide bonds. The first-order chi connectivity index (χ1) is 8.44. The maximum Gasteiger partial charge on any atom is 0.148 e. The van der Waals surface area contributed by atoms with Crippen LogP contribution >= 0.6 is 15.9 Å². The lowest BCUT2D eigenvalue weighted by atomic mass is 10.2. The molecule has 0 saturated carbocycles. The Bertz CT molecular complexity index is 529. The largest absolute Gasteiger partial charge is 0.355 e. The number of hydrogen-bond donors (Lipinski definition) is 0. The van der Waals surface area contributed by atoms with Gasteiger partial charge in [-0.05, 0) is 22.3 Å².